The Labute approximate surface area is 73.1 Å². The molecule has 2 nitrogen and oxygen atoms in total. The van der Waals surface area contributed by atoms with E-state index in [0.717, 1.165) is 12.1 Å². The second-order valence-electron chi connectivity index (χ2n) is 2.32. The molecule has 0 amide bonds. The summed E-state index contributed by atoms with van der Waals surface area (Å²) in [6.07, 6.45) is 2.73. The number of hydrogen-bond acceptors (Lipinski definition) is 2. The first-order valence-corrected chi connectivity index (χ1v) is 3.45. The van der Waals surface area contributed by atoms with Gasteiger partial charge < -0.3 is 5.11 Å². The quantitative estimate of drug-likeness (QED) is 0.562. The summed E-state index contributed by atoms with van der Waals surface area (Å²) in [7, 11) is 0. The average Bonchev–Trinajstić information content (AvgIpc) is 2.09. The minimum atomic E-state index is -1.12. The molecule has 0 aliphatic carbocycles. The number of benzene rings is 1. The van der Waals surface area contributed by atoms with Crippen LogP contribution < -0.4 is 0 Å². The first-order chi connectivity index (χ1) is 6.15. The van der Waals surface area contributed by atoms with Gasteiger partial charge in [0.15, 0.2) is 11.6 Å². The summed E-state index contributed by atoms with van der Waals surface area (Å²) in [5.74, 6) is -2.60. The van der Waals surface area contributed by atoms with E-state index in [2.05, 4.69) is 0 Å². The zero-order valence-corrected chi connectivity index (χ0v) is 6.50. The van der Waals surface area contributed by atoms with Crippen molar-refractivity contribution >= 4 is 12.4 Å². The third-order valence-corrected chi connectivity index (χ3v) is 1.42. The number of phenolic OH excluding ortho intramolecular Hbond substituents is 1. The lowest BCUT2D eigenvalue weighted by Crippen LogP contribution is -1.85. The van der Waals surface area contributed by atoms with Gasteiger partial charge in [-0.2, -0.15) is 0 Å². The van der Waals surface area contributed by atoms with Crippen LogP contribution in [0.25, 0.3) is 6.08 Å². The maximum absolute atomic E-state index is 12.6. The normalized spacial score (nSPS) is 10.6. The number of carbonyl (C=O) groups excluding carboxylic acids is 1. The van der Waals surface area contributed by atoms with Crippen molar-refractivity contribution in [3.8, 4) is 5.75 Å². The molecule has 13 heavy (non-hydrogen) atoms. The molecule has 0 aromatic heterocycles. The third kappa shape index (κ3) is 2.11. The minimum absolute atomic E-state index is 0.0611. The van der Waals surface area contributed by atoms with Crippen molar-refractivity contribution in [3.63, 3.8) is 0 Å². The fraction of sp³-hybridized carbons (Fsp3) is 0. The molecule has 0 aliphatic heterocycles. The van der Waals surface area contributed by atoms with Gasteiger partial charge in [-0.25, -0.2) is 8.78 Å². The molecule has 0 saturated heterocycles. The largest absolute Gasteiger partial charge is 0.507 e. The number of phenols is 1. The Hall–Kier alpha value is -1.71. The number of rotatable bonds is 2. The third-order valence-electron chi connectivity index (χ3n) is 1.42. The molecule has 0 aliphatic rings. The predicted octanol–water partition coefficient (Wildman–Crippen LogP) is 1.88. The molecular weight excluding hydrogens is 178 g/mol. The van der Waals surface area contributed by atoms with E-state index in [1.54, 1.807) is 0 Å². The minimum Gasteiger partial charge on any atom is -0.507 e. The molecule has 0 atom stereocenters. The molecule has 1 rings (SSSR count). The first kappa shape index (κ1) is 9.38. The molecule has 0 bridgehead atoms. The fourth-order valence-electron chi connectivity index (χ4n) is 0.828. The second kappa shape index (κ2) is 3.80. The van der Waals surface area contributed by atoms with E-state index in [9.17, 15) is 13.6 Å². The molecule has 68 valence electrons. The van der Waals surface area contributed by atoms with Gasteiger partial charge in [-0.1, -0.05) is 0 Å². The van der Waals surface area contributed by atoms with Gasteiger partial charge in [0.05, 0.1) is 0 Å². The zero-order valence-electron chi connectivity index (χ0n) is 6.50. The van der Waals surface area contributed by atoms with Gasteiger partial charge in [0.25, 0.3) is 0 Å². The summed E-state index contributed by atoms with van der Waals surface area (Å²) >= 11 is 0. The van der Waals surface area contributed by atoms with Crippen molar-refractivity contribution in [1.82, 2.24) is 0 Å². The van der Waals surface area contributed by atoms with Crippen molar-refractivity contribution in [2.45, 2.75) is 0 Å². The maximum Gasteiger partial charge on any atom is 0.162 e. The van der Waals surface area contributed by atoms with E-state index in [1.807, 2.05) is 0 Å². The van der Waals surface area contributed by atoms with Crippen LogP contribution in [0.1, 0.15) is 5.56 Å². The van der Waals surface area contributed by atoms with Gasteiger partial charge in [0, 0.05) is 11.6 Å². The highest BCUT2D eigenvalue weighted by molar-refractivity contribution is 5.75. The van der Waals surface area contributed by atoms with Gasteiger partial charge >= 0.3 is 0 Å². The van der Waals surface area contributed by atoms with E-state index >= 15 is 0 Å². The summed E-state index contributed by atoms with van der Waals surface area (Å²) in [6.45, 7) is 0. The highest BCUT2D eigenvalue weighted by Crippen LogP contribution is 2.21. The van der Waals surface area contributed by atoms with E-state index in [4.69, 9.17) is 5.11 Å². The van der Waals surface area contributed by atoms with Crippen LogP contribution in [0.5, 0.6) is 5.75 Å². The maximum atomic E-state index is 12.6. The van der Waals surface area contributed by atoms with Gasteiger partial charge in [0.2, 0.25) is 0 Å². The Morgan fingerprint density at radius 1 is 1.23 bits per heavy atom. The highest BCUT2D eigenvalue weighted by Gasteiger charge is 2.06. The molecule has 4 heteroatoms. The molecule has 0 radical (unpaired) electrons. The van der Waals surface area contributed by atoms with Crippen molar-refractivity contribution in [2.75, 3.05) is 0 Å². The van der Waals surface area contributed by atoms with Crippen LogP contribution in [-0.4, -0.2) is 11.4 Å². The van der Waals surface area contributed by atoms with E-state index < -0.39 is 17.4 Å². The highest BCUT2D eigenvalue weighted by atomic mass is 19.2. The molecule has 1 aromatic carbocycles. The summed E-state index contributed by atoms with van der Waals surface area (Å²) < 4.78 is 25.0. The molecule has 0 saturated carbocycles. The van der Waals surface area contributed by atoms with Crippen LogP contribution in [-0.2, 0) is 4.79 Å². The van der Waals surface area contributed by atoms with Crippen molar-refractivity contribution < 1.29 is 18.7 Å². The van der Waals surface area contributed by atoms with Crippen molar-refractivity contribution in [2.24, 2.45) is 0 Å². The van der Waals surface area contributed by atoms with Crippen LogP contribution in [0.3, 0.4) is 0 Å². The number of carbonyl (C=O) groups is 1. The second-order valence-corrected chi connectivity index (χ2v) is 2.32. The van der Waals surface area contributed by atoms with Crippen LogP contribution in [0.2, 0.25) is 0 Å². The Morgan fingerprint density at radius 2 is 1.85 bits per heavy atom. The molecule has 0 fully saturated rings. The van der Waals surface area contributed by atoms with Crippen molar-refractivity contribution in [1.29, 1.82) is 0 Å². The van der Waals surface area contributed by atoms with Crippen LogP contribution >= 0.6 is 0 Å². The first-order valence-electron chi connectivity index (χ1n) is 3.45. The lowest BCUT2D eigenvalue weighted by molar-refractivity contribution is -0.104. The van der Waals surface area contributed by atoms with Crippen molar-refractivity contribution in [3.05, 3.63) is 35.4 Å². The summed E-state index contributed by atoms with van der Waals surface area (Å²) in [4.78, 5) is 9.91. The fourth-order valence-corrected chi connectivity index (χ4v) is 0.828. The number of allylic oxidation sites excluding steroid dienone is 1. The van der Waals surface area contributed by atoms with Gasteiger partial charge in [0.1, 0.15) is 12.0 Å². The lowest BCUT2D eigenvalue weighted by atomic mass is 10.2. The Balaban J connectivity index is 3.15. The standard InChI is InChI=1S/C9H6F2O2/c10-7-4-6(2-1-3-12)9(13)5-8(7)11/h1-5,13H. The van der Waals surface area contributed by atoms with Gasteiger partial charge in [-0.05, 0) is 18.2 Å². The van der Waals surface area contributed by atoms with E-state index in [-0.39, 0.29) is 5.56 Å². The average molecular weight is 184 g/mol. The molecular formula is C9H6F2O2. The Kier molecular flexibility index (Phi) is 2.74. The number of hydrogen-bond donors (Lipinski definition) is 1. The predicted molar refractivity (Wildman–Crippen MR) is 43.1 cm³/mol. The zero-order chi connectivity index (χ0) is 9.84. The van der Waals surface area contributed by atoms with E-state index in [1.165, 1.54) is 6.08 Å². The number of aromatic hydroxyl groups is 1. The number of aldehydes is 1. The summed E-state index contributed by atoms with van der Waals surface area (Å²) in [5, 5.41) is 9.07. The van der Waals surface area contributed by atoms with Crippen LogP contribution in [0.4, 0.5) is 8.78 Å². The van der Waals surface area contributed by atoms with E-state index in [0.29, 0.717) is 12.4 Å². The summed E-state index contributed by atoms with van der Waals surface area (Å²) in [6, 6.07) is 1.46. The van der Waals surface area contributed by atoms with Crippen LogP contribution in [0, 0.1) is 11.6 Å². The molecule has 0 unspecified atom stereocenters. The lowest BCUT2D eigenvalue weighted by Gasteiger charge is -1.99. The molecule has 1 N–H and O–H groups in total. The Morgan fingerprint density at radius 3 is 2.46 bits per heavy atom. The van der Waals surface area contributed by atoms with Crippen LogP contribution in [0.15, 0.2) is 18.2 Å². The molecule has 0 heterocycles. The van der Waals surface area contributed by atoms with Gasteiger partial charge in [-0.15, -0.1) is 0 Å². The Bertz CT molecular complexity index is 359. The smallest absolute Gasteiger partial charge is 0.162 e. The molecule has 0 spiro atoms. The topological polar surface area (TPSA) is 37.3 Å². The monoisotopic (exact) mass is 184 g/mol. The summed E-state index contributed by atoms with van der Waals surface area (Å²) in [5.41, 5.74) is 0.0611. The molecule has 1 aromatic rings. The SMILES string of the molecule is O=CC=Cc1cc(F)c(F)cc1O. The number of halogens is 2. The van der Waals surface area contributed by atoms with Gasteiger partial charge in [-0.3, -0.25) is 4.79 Å².